The highest BCUT2D eigenvalue weighted by molar-refractivity contribution is 6.01. The molecule has 612 valence electrons. The Labute approximate surface area is 637 Å². The van der Waals surface area contributed by atoms with Crippen molar-refractivity contribution in [3.05, 3.63) is 0 Å². The summed E-state index contributed by atoms with van der Waals surface area (Å²) < 4.78 is 73.1. The molecule has 7 fully saturated rings. The van der Waals surface area contributed by atoms with E-state index in [0.717, 1.165) is 56.3 Å². The smallest absolute Gasteiger partial charge is 0.343 e. The molecule has 3 N–H and O–H groups in total. The first-order valence-electron chi connectivity index (χ1n) is 40.5. The van der Waals surface area contributed by atoms with Crippen LogP contribution in [0.3, 0.4) is 0 Å². The second-order valence-corrected chi connectivity index (χ2v) is 33.9. The van der Waals surface area contributed by atoms with Gasteiger partial charge in [0.05, 0.1) is 13.0 Å². The fourth-order valence-electron chi connectivity index (χ4n) is 17.9. The van der Waals surface area contributed by atoms with Gasteiger partial charge in [0.15, 0.2) is 0 Å². The lowest BCUT2D eigenvalue weighted by Gasteiger charge is -2.45. The van der Waals surface area contributed by atoms with Crippen molar-refractivity contribution in [3.63, 3.8) is 0 Å². The van der Waals surface area contributed by atoms with Crippen molar-refractivity contribution in [1.82, 2.24) is 60.0 Å². The van der Waals surface area contributed by atoms with Gasteiger partial charge < -0.3 is 60.0 Å². The number of nitrogens with one attached hydrogen (secondary N) is 3. The fraction of sp³-hybridized carbons (Fsp3) is 0.848. The van der Waals surface area contributed by atoms with Crippen LogP contribution in [0.1, 0.15) is 229 Å². The average Bonchev–Trinajstić information content (AvgIpc) is 1.42. The van der Waals surface area contributed by atoms with Crippen LogP contribution in [-0.2, 0) is 57.5 Å². The first-order chi connectivity index (χ1) is 50.8. The molecule has 0 bridgehead atoms. The molecule has 2 unspecified atom stereocenters. The molecule has 0 radical (unpaired) electrons. The second-order valence-electron chi connectivity index (χ2n) is 33.9. The molecule has 29 heteroatoms. The predicted molar refractivity (Wildman–Crippen MR) is 398 cm³/mol. The Morgan fingerprint density at radius 2 is 1.11 bits per heavy atom. The number of fused-ring (bicyclic) bond motifs is 1. The molecule has 13 atom stereocenters. The molecule has 0 aromatic heterocycles. The Kier molecular flexibility index (Phi) is 31.9. The quantitative estimate of drug-likeness (QED) is 0.139. The van der Waals surface area contributed by atoms with E-state index in [1.165, 1.54) is 90.6 Å². The van der Waals surface area contributed by atoms with E-state index in [-0.39, 0.29) is 75.7 Å². The molecule has 0 aromatic carbocycles. The number of carbonyl (C=O) groups is 12. The van der Waals surface area contributed by atoms with Crippen LogP contribution in [0.2, 0.25) is 0 Å². The first-order valence-corrected chi connectivity index (χ1v) is 40.5. The SMILES string of the molecule is CC[C@H](C)[C@@H]1NC(=O)[C@H](CC(C)C)N(C)C(=O)C[C@@H](C(=O)N2CCCCC2)N(C)C(=O)[C@H]([C@@H](C)CC)N(C)C(=O)C2(CCCC2)NC(=O)[C@@H](CC2CCCCC2)N(C)C(=O)[C@H](CCC2CC(F)C(C(F)(F)F)C(F)C2)NC(=O)CN(C)C(=O)[C@H](CC2CCC(C)CC2)N(C)C(=O)[C@@H]2CCN2C(=O)[C@H](C)N(C)C1=O. The minimum Gasteiger partial charge on any atom is -0.343 e. The van der Waals surface area contributed by atoms with Crippen LogP contribution in [0, 0.1) is 47.3 Å². The zero-order valence-electron chi connectivity index (χ0n) is 67.2. The minimum atomic E-state index is -5.16. The number of alkyl halides is 5. The summed E-state index contributed by atoms with van der Waals surface area (Å²) in [5.41, 5.74) is -1.66. The van der Waals surface area contributed by atoms with E-state index in [9.17, 15) is 27.6 Å². The van der Waals surface area contributed by atoms with Crippen LogP contribution in [0.25, 0.3) is 0 Å². The molecule has 4 saturated carbocycles. The molecule has 3 saturated heterocycles. The van der Waals surface area contributed by atoms with Gasteiger partial charge in [-0.15, -0.1) is 0 Å². The van der Waals surface area contributed by atoms with E-state index >= 15 is 51.9 Å². The Morgan fingerprint density at radius 3 is 1.67 bits per heavy atom. The molecule has 4 aliphatic carbocycles. The predicted octanol–water partition coefficient (Wildman–Crippen LogP) is 8.21. The van der Waals surface area contributed by atoms with Gasteiger partial charge in [0.1, 0.15) is 78.2 Å². The van der Waals surface area contributed by atoms with Gasteiger partial charge in [0.2, 0.25) is 70.9 Å². The molecule has 7 rings (SSSR count). The van der Waals surface area contributed by atoms with Gasteiger partial charge in [-0.1, -0.05) is 132 Å². The normalized spacial score (nSPS) is 32.2. The Hall–Kier alpha value is -6.71. The van der Waals surface area contributed by atoms with Gasteiger partial charge in [-0.05, 0) is 132 Å². The topological polar surface area (TPSA) is 270 Å². The van der Waals surface area contributed by atoms with Gasteiger partial charge in [0, 0.05) is 69.0 Å². The van der Waals surface area contributed by atoms with Gasteiger partial charge >= 0.3 is 6.18 Å². The summed E-state index contributed by atoms with van der Waals surface area (Å²) in [5, 5.41) is 8.80. The number of amides is 12. The van der Waals surface area contributed by atoms with Crippen LogP contribution in [-0.4, -0.2) is 269 Å². The van der Waals surface area contributed by atoms with Crippen molar-refractivity contribution in [2.45, 2.75) is 307 Å². The first kappa shape index (κ1) is 88.5. The average molecular weight is 1530 g/mol. The van der Waals surface area contributed by atoms with Gasteiger partial charge in [-0.25, -0.2) is 8.78 Å². The number of nitrogens with zero attached hydrogens (tertiary/aromatic N) is 9. The summed E-state index contributed by atoms with van der Waals surface area (Å²) in [6.45, 7) is 14.7. The Balaban J connectivity index is 1.33. The number of piperidine rings is 1. The molecule has 0 aromatic rings. The summed E-state index contributed by atoms with van der Waals surface area (Å²) >= 11 is 0. The highest BCUT2D eigenvalue weighted by Crippen LogP contribution is 2.45. The van der Waals surface area contributed by atoms with Gasteiger partial charge in [-0.3, -0.25) is 57.5 Å². The third kappa shape index (κ3) is 21.5. The van der Waals surface area contributed by atoms with Crippen molar-refractivity contribution in [2.75, 3.05) is 75.5 Å². The second kappa shape index (κ2) is 39.0. The maximum absolute atomic E-state index is 15.8. The van der Waals surface area contributed by atoms with Crippen LogP contribution in [0.15, 0.2) is 0 Å². The lowest BCUT2D eigenvalue weighted by Crippen LogP contribution is -2.65. The molecule has 3 aliphatic heterocycles. The summed E-state index contributed by atoms with van der Waals surface area (Å²) in [5.74, 6) is -12.9. The van der Waals surface area contributed by atoms with E-state index in [1.54, 1.807) is 18.7 Å². The molecule has 108 heavy (non-hydrogen) atoms. The van der Waals surface area contributed by atoms with E-state index in [1.807, 2.05) is 27.7 Å². The number of rotatable bonds is 14. The number of likely N-dealkylation sites (N-methyl/N-ethyl adjacent to an activating group) is 7. The van der Waals surface area contributed by atoms with Gasteiger partial charge in [0.25, 0.3) is 0 Å². The maximum atomic E-state index is 15.8. The largest absolute Gasteiger partial charge is 0.397 e. The molecule has 7 aliphatic rings. The molecule has 12 amide bonds. The van der Waals surface area contributed by atoms with Crippen LogP contribution in [0.4, 0.5) is 22.0 Å². The number of carbonyl (C=O) groups excluding carboxylic acids is 12. The molecule has 1 spiro atoms. The molecule has 24 nitrogen and oxygen atoms in total. The zero-order valence-corrected chi connectivity index (χ0v) is 67.2. The van der Waals surface area contributed by atoms with E-state index in [2.05, 4.69) is 22.9 Å². The van der Waals surface area contributed by atoms with Crippen molar-refractivity contribution < 1.29 is 79.5 Å². The van der Waals surface area contributed by atoms with E-state index < -0.39 is 199 Å². The Bertz CT molecular complexity index is 3130. The number of halogens is 5. The zero-order chi connectivity index (χ0) is 80.1. The van der Waals surface area contributed by atoms with Crippen molar-refractivity contribution >= 4 is 70.9 Å². The minimum absolute atomic E-state index is 0.0316. The van der Waals surface area contributed by atoms with Crippen LogP contribution >= 0.6 is 0 Å². The van der Waals surface area contributed by atoms with Crippen molar-refractivity contribution in [1.29, 1.82) is 0 Å². The number of likely N-dealkylation sites (tertiary alicyclic amines) is 1. The highest BCUT2D eigenvalue weighted by Gasteiger charge is 2.55. The molecule has 3 heterocycles. The van der Waals surface area contributed by atoms with Crippen molar-refractivity contribution in [2.24, 2.45) is 47.3 Å². The third-order valence-electron chi connectivity index (χ3n) is 25.8. The summed E-state index contributed by atoms with van der Waals surface area (Å²) in [6.07, 6.45) is -1.08. The summed E-state index contributed by atoms with van der Waals surface area (Å²) in [6, 6.07) is -11.5. The standard InChI is InChI=1S/C79H129F5N12O12/c1-16-49(6)66-75(106)89(10)51(8)70(101)96-39-34-58(96)73(104)92(13)61(44-53-30-28-48(5)29-31-53)72(103)88(9)46-63(97)85-57(33-32-54-41-55(80)65(56(81)42-54)79(82,83)84)71(102)91(12)60(43-52-26-20-18-21-27-52)69(100)87-78(35-22-23-36-78)77(108)94(15)67(50(7)17-2)76(107)93(14)62(74(105)95-37-24-19-25-38-95)45-64(98)90(11)59(40-47(3)4)68(99)86-66/h47-62,65-67H,16-46H2,1-15H3,(H,85,97)(H,86,99)(H,87,100)/t48?,49-,50-,51-,53?,54?,55?,56?,57-,58-,59-,60+,61-,62-,65?,66-,67-/m0/s1. The highest BCUT2D eigenvalue weighted by atomic mass is 19.4. The molecular weight excluding hydrogens is 1400 g/mol. The Morgan fingerprint density at radius 1 is 0.546 bits per heavy atom. The third-order valence-corrected chi connectivity index (χ3v) is 25.8. The van der Waals surface area contributed by atoms with Crippen molar-refractivity contribution in [3.8, 4) is 0 Å². The summed E-state index contributed by atoms with van der Waals surface area (Å²) in [7, 11) is 9.94. The van der Waals surface area contributed by atoms with Crippen LogP contribution in [0.5, 0.6) is 0 Å². The lowest BCUT2D eigenvalue weighted by molar-refractivity contribution is -0.219. The van der Waals surface area contributed by atoms with E-state index in [4.69, 9.17) is 0 Å². The number of hydrogen-bond donors (Lipinski definition) is 3. The molecular formula is C79H129F5N12O12. The van der Waals surface area contributed by atoms with E-state index in [0.29, 0.717) is 70.4 Å². The van der Waals surface area contributed by atoms with Gasteiger partial charge in [-0.2, -0.15) is 13.2 Å². The fourth-order valence-corrected chi connectivity index (χ4v) is 17.9. The monoisotopic (exact) mass is 1530 g/mol. The lowest BCUT2D eigenvalue weighted by atomic mass is 9.76. The number of hydrogen-bond acceptors (Lipinski definition) is 12. The maximum Gasteiger partial charge on any atom is 0.397 e. The van der Waals surface area contributed by atoms with Crippen LogP contribution < -0.4 is 16.0 Å². The summed E-state index contributed by atoms with van der Waals surface area (Å²) in [4.78, 5) is 194.